The number of likely N-dealkylation sites (tertiary alicyclic amines) is 1. The molecule has 1 aromatic carbocycles. The summed E-state index contributed by atoms with van der Waals surface area (Å²) in [6, 6.07) is 9.92. The van der Waals surface area contributed by atoms with E-state index in [2.05, 4.69) is 17.4 Å². The summed E-state index contributed by atoms with van der Waals surface area (Å²) in [4.78, 5) is 27.6. The molecule has 1 heterocycles. The van der Waals surface area contributed by atoms with Gasteiger partial charge in [0.1, 0.15) is 11.2 Å². The Labute approximate surface area is 172 Å². The van der Waals surface area contributed by atoms with E-state index in [1.54, 1.807) is 16.7 Å². The van der Waals surface area contributed by atoms with Crippen LogP contribution in [0.1, 0.15) is 41.5 Å². The zero-order valence-electron chi connectivity index (χ0n) is 17.7. The van der Waals surface area contributed by atoms with E-state index in [0.29, 0.717) is 13.1 Å². The van der Waals surface area contributed by atoms with Crippen molar-refractivity contribution in [3.05, 3.63) is 30.3 Å². The molecular formula is C21H32N2O4S. The zero-order chi connectivity index (χ0) is 20.9. The number of rotatable bonds is 4. The molecule has 2 rings (SSSR count). The van der Waals surface area contributed by atoms with Crippen LogP contribution in [0.2, 0.25) is 0 Å². The van der Waals surface area contributed by atoms with Crippen molar-refractivity contribution in [1.82, 2.24) is 10.2 Å². The molecule has 1 aliphatic heterocycles. The molecule has 0 bridgehead atoms. The van der Waals surface area contributed by atoms with Gasteiger partial charge in [0.05, 0.1) is 6.04 Å². The molecule has 0 aromatic heterocycles. The van der Waals surface area contributed by atoms with Crippen molar-refractivity contribution < 1.29 is 19.1 Å². The minimum Gasteiger partial charge on any atom is -0.444 e. The summed E-state index contributed by atoms with van der Waals surface area (Å²) in [6.07, 6.45) is -0.811. The third-order valence-corrected chi connectivity index (χ3v) is 5.20. The van der Waals surface area contributed by atoms with Gasteiger partial charge in [-0.25, -0.2) is 9.59 Å². The van der Waals surface area contributed by atoms with Gasteiger partial charge in [0.2, 0.25) is 0 Å². The number of thioether (sulfide) groups is 1. The molecule has 0 spiro atoms. The molecule has 156 valence electrons. The number of ether oxygens (including phenoxy) is 2. The van der Waals surface area contributed by atoms with Crippen LogP contribution < -0.4 is 5.32 Å². The normalized spacial score (nSPS) is 20.0. The van der Waals surface area contributed by atoms with Gasteiger partial charge in [0.25, 0.3) is 0 Å². The summed E-state index contributed by atoms with van der Waals surface area (Å²) in [6.45, 7) is 12.0. The van der Waals surface area contributed by atoms with E-state index in [0.717, 1.165) is 10.6 Å². The molecule has 1 fully saturated rings. The largest absolute Gasteiger partial charge is 0.444 e. The van der Waals surface area contributed by atoms with Crippen molar-refractivity contribution in [2.45, 2.75) is 63.7 Å². The molecular weight excluding hydrogens is 376 g/mol. The average Bonchev–Trinajstić information content (AvgIpc) is 2.93. The lowest BCUT2D eigenvalue weighted by atomic mass is 10.1. The lowest BCUT2D eigenvalue weighted by Gasteiger charge is -2.25. The Morgan fingerprint density at radius 1 is 1.04 bits per heavy atom. The maximum Gasteiger partial charge on any atom is 0.410 e. The fourth-order valence-corrected chi connectivity index (χ4v) is 3.95. The first kappa shape index (κ1) is 22.4. The fraction of sp³-hybridized carbons (Fsp3) is 0.619. The van der Waals surface area contributed by atoms with Crippen LogP contribution in [0.4, 0.5) is 9.59 Å². The van der Waals surface area contributed by atoms with Gasteiger partial charge in [-0.05, 0) is 53.7 Å². The van der Waals surface area contributed by atoms with Crippen molar-refractivity contribution in [2.75, 3.05) is 18.8 Å². The highest BCUT2D eigenvalue weighted by Crippen LogP contribution is 2.27. The molecule has 1 saturated heterocycles. The third kappa shape index (κ3) is 7.62. The van der Waals surface area contributed by atoms with Gasteiger partial charge >= 0.3 is 12.2 Å². The smallest absolute Gasteiger partial charge is 0.410 e. The SMILES string of the molecule is CC(C)(C)OC(=O)N[C@H]1CN(C(=O)OC(C)(C)C)C[C@H]1CSc1ccccc1. The zero-order valence-corrected chi connectivity index (χ0v) is 18.5. The first-order valence-electron chi connectivity index (χ1n) is 9.58. The van der Waals surface area contributed by atoms with Gasteiger partial charge in [0.15, 0.2) is 0 Å². The highest BCUT2D eigenvalue weighted by atomic mass is 32.2. The molecule has 2 amide bonds. The summed E-state index contributed by atoms with van der Waals surface area (Å²) in [5.74, 6) is 0.884. The predicted molar refractivity (Wildman–Crippen MR) is 112 cm³/mol. The van der Waals surface area contributed by atoms with E-state index in [1.807, 2.05) is 59.7 Å². The molecule has 0 unspecified atom stereocenters. The van der Waals surface area contributed by atoms with E-state index in [-0.39, 0.29) is 18.1 Å². The van der Waals surface area contributed by atoms with Crippen molar-refractivity contribution >= 4 is 23.9 Å². The molecule has 1 aromatic rings. The van der Waals surface area contributed by atoms with Crippen LogP contribution in [-0.4, -0.2) is 53.2 Å². The van der Waals surface area contributed by atoms with Crippen LogP contribution in [0.5, 0.6) is 0 Å². The molecule has 1 aliphatic rings. The molecule has 0 radical (unpaired) electrons. The van der Waals surface area contributed by atoms with Crippen LogP contribution >= 0.6 is 11.8 Å². The van der Waals surface area contributed by atoms with Crippen LogP contribution in [0.15, 0.2) is 35.2 Å². The van der Waals surface area contributed by atoms with Gasteiger partial charge in [-0.3, -0.25) is 0 Å². The number of benzene rings is 1. The summed E-state index contributed by atoms with van der Waals surface area (Å²) in [7, 11) is 0. The number of nitrogens with zero attached hydrogens (tertiary/aromatic N) is 1. The van der Waals surface area contributed by atoms with Crippen molar-refractivity contribution in [3.63, 3.8) is 0 Å². The number of hydrogen-bond acceptors (Lipinski definition) is 5. The molecule has 0 saturated carbocycles. The van der Waals surface area contributed by atoms with Crippen molar-refractivity contribution in [1.29, 1.82) is 0 Å². The Kier molecular flexibility index (Phi) is 7.26. The summed E-state index contributed by atoms with van der Waals surface area (Å²) >= 11 is 1.72. The number of hydrogen-bond donors (Lipinski definition) is 1. The van der Waals surface area contributed by atoms with Gasteiger partial charge in [-0.2, -0.15) is 0 Å². The fourth-order valence-electron chi connectivity index (χ4n) is 2.86. The lowest BCUT2D eigenvalue weighted by molar-refractivity contribution is 0.0280. The molecule has 28 heavy (non-hydrogen) atoms. The van der Waals surface area contributed by atoms with E-state index in [9.17, 15) is 9.59 Å². The second kappa shape index (κ2) is 9.07. The summed E-state index contributed by atoms with van der Waals surface area (Å²) in [5.41, 5.74) is -1.12. The number of carbonyl (C=O) groups is 2. The third-order valence-electron chi connectivity index (χ3n) is 4.00. The molecule has 1 N–H and O–H groups in total. The Morgan fingerprint density at radius 3 is 2.21 bits per heavy atom. The number of amides is 2. The van der Waals surface area contributed by atoms with Crippen molar-refractivity contribution in [2.24, 2.45) is 5.92 Å². The van der Waals surface area contributed by atoms with E-state index in [4.69, 9.17) is 9.47 Å². The van der Waals surface area contributed by atoms with Gasteiger partial charge in [-0.1, -0.05) is 18.2 Å². The van der Waals surface area contributed by atoms with Gasteiger partial charge in [0, 0.05) is 29.7 Å². The number of carbonyl (C=O) groups excluding carboxylic acids is 2. The van der Waals surface area contributed by atoms with Gasteiger partial charge in [-0.15, -0.1) is 11.8 Å². The van der Waals surface area contributed by atoms with E-state index >= 15 is 0 Å². The average molecular weight is 409 g/mol. The quantitative estimate of drug-likeness (QED) is 0.741. The molecule has 0 aliphatic carbocycles. The lowest BCUT2D eigenvalue weighted by Crippen LogP contribution is -2.44. The van der Waals surface area contributed by atoms with Crippen molar-refractivity contribution in [3.8, 4) is 0 Å². The first-order valence-corrected chi connectivity index (χ1v) is 10.6. The second-order valence-electron chi connectivity index (χ2n) is 9.02. The molecule has 6 nitrogen and oxygen atoms in total. The van der Waals surface area contributed by atoms with E-state index in [1.165, 1.54) is 0 Å². The Morgan fingerprint density at radius 2 is 1.64 bits per heavy atom. The maximum atomic E-state index is 12.5. The number of nitrogens with one attached hydrogen (secondary N) is 1. The first-order chi connectivity index (χ1) is 12.9. The van der Waals surface area contributed by atoms with E-state index < -0.39 is 17.3 Å². The van der Waals surface area contributed by atoms with Crippen LogP contribution in [0, 0.1) is 5.92 Å². The monoisotopic (exact) mass is 408 g/mol. The maximum absolute atomic E-state index is 12.5. The van der Waals surface area contributed by atoms with Crippen LogP contribution in [-0.2, 0) is 9.47 Å². The minimum absolute atomic E-state index is 0.102. The predicted octanol–water partition coefficient (Wildman–Crippen LogP) is 4.54. The molecule has 2 atom stereocenters. The van der Waals surface area contributed by atoms with Crippen LogP contribution in [0.3, 0.4) is 0 Å². The number of alkyl carbamates (subject to hydrolysis) is 1. The topological polar surface area (TPSA) is 67.9 Å². The standard InChI is InChI=1S/C21H32N2O4S/c1-20(2,3)26-18(24)22-17-13-23(19(25)27-21(4,5)6)12-15(17)14-28-16-10-8-7-9-11-16/h7-11,15,17H,12-14H2,1-6H3,(H,22,24)/t15-,17-/m0/s1. The summed E-state index contributed by atoms with van der Waals surface area (Å²) in [5, 5.41) is 2.95. The minimum atomic E-state index is -0.568. The highest BCUT2D eigenvalue weighted by Gasteiger charge is 2.38. The van der Waals surface area contributed by atoms with Crippen LogP contribution in [0.25, 0.3) is 0 Å². The second-order valence-corrected chi connectivity index (χ2v) is 10.1. The Bertz CT molecular complexity index is 667. The Hall–Kier alpha value is -1.89. The highest BCUT2D eigenvalue weighted by molar-refractivity contribution is 7.99. The van der Waals surface area contributed by atoms with Gasteiger partial charge < -0.3 is 19.7 Å². The summed E-state index contributed by atoms with van der Waals surface area (Å²) < 4.78 is 10.9. The Balaban J connectivity index is 2.03. The molecule has 7 heteroatoms.